The molecule has 2 heterocycles. The first-order valence-electron chi connectivity index (χ1n) is 6.03. The fraction of sp³-hybridized carbons (Fsp3) is 0. The molecule has 1 aliphatic rings. The van der Waals surface area contributed by atoms with E-state index >= 15 is 0 Å². The van der Waals surface area contributed by atoms with Crippen LogP contribution in [0.25, 0.3) is 11.3 Å². The highest BCUT2D eigenvalue weighted by atomic mass is 32.2. The molecule has 0 amide bonds. The summed E-state index contributed by atoms with van der Waals surface area (Å²) in [5.74, 6) is 0.923. The summed E-state index contributed by atoms with van der Waals surface area (Å²) in [7, 11) is 0. The fourth-order valence-corrected chi connectivity index (χ4v) is 4.38. The molecule has 0 bridgehead atoms. The van der Waals surface area contributed by atoms with E-state index in [4.69, 9.17) is 4.42 Å². The van der Waals surface area contributed by atoms with Crippen LogP contribution in [0.2, 0.25) is 0 Å². The van der Waals surface area contributed by atoms with E-state index in [2.05, 4.69) is 42.5 Å². The lowest BCUT2D eigenvalue weighted by Crippen LogP contribution is -1.89. The summed E-state index contributed by atoms with van der Waals surface area (Å²) in [5.41, 5.74) is 1.14. The van der Waals surface area contributed by atoms with Crippen LogP contribution in [-0.4, -0.2) is 0 Å². The summed E-state index contributed by atoms with van der Waals surface area (Å²) in [5, 5.41) is 0. The number of rotatable bonds is 1. The van der Waals surface area contributed by atoms with Gasteiger partial charge in [-0.2, -0.15) is 0 Å². The van der Waals surface area contributed by atoms with Gasteiger partial charge in [0, 0.05) is 25.1 Å². The fourth-order valence-electron chi connectivity index (χ4n) is 2.12. The van der Waals surface area contributed by atoms with Crippen LogP contribution in [0.5, 0.6) is 0 Å². The van der Waals surface area contributed by atoms with Crippen molar-refractivity contribution < 1.29 is 4.42 Å². The van der Waals surface area contributed by atoms with Gasteiger partial charge in [-0.05, 0) is 36.4 Å². The molecule has 0 radical (unpaired) electrons. The van der Waals surface area contributed by atoms with Crippen molar-refractivity contribution in [2.75, 3.05) is 0 Å². The van der Waals surface area contributed by atoms with Gasteiger partial charge in [0.25, 0.3) is 0 Å². The minimum absolute atomic E-state index is 0.923. The van der Waals surface area contributed by atoms with Crippen molar-refractivity contribution in [3.63, 3.8) is 0 Å². The monoisotopic (exact) mass is 282 g/mol. The third-order valence-electron chi connectivity index (χ3n) is 3.04. The third kappa shape index (κ3) is 1.99. The van der Waals surface area contributed by atoms with Gasteiger partial charge in [0.05, 0.1) is 6.26 Å². The Morgan fingerprint density at radius 3 is 2.16 bits per heavy atom. The van der Waals surface area contributed by atoms with E-state index in [0.717, 1.165) is 11.3 Å². The number of hydrogen-bond donors (Lipinski definition) is 0. The first-order chi connectivity index (χ1) is 9.40. The van der Waals surface area contributed by atoms with Gasteiger partial charge in [-0.1, -0.05) is 41.7 Å². The van der Waals surface area contributed by atoms with Crippen LogP contribution in [0.3, 0.4) is 0 Å². The normalized spacial score (nSPS) is 12.8. The summed E-state index contributed by atoms with van der Waals surface area (Å²) < 4.78 is 5.46. The maximum absolute atomic E-state index is 5.46. The predicted molar refractivity (Wildman–Crippen MR) is 78.8 cm³/mol. The standard InChI is InChI=1S/C16H10OS2/c1-2-6-14-13(5-1)18-15-8-7-11(10-16(15)19-14)12-4-3-9-17-12/h1-10H. The second-order valence-electron chi connectivity index (χ2n) is 4.29. The van der Waals surface area contributed by atoms with Crippen molar-refractivity contribution in [1.29, 1.82) is 0 Å². The number of benzene rings is 2. The van der Waals surface area contributed by atoms with Crippen molar-refractivity contribution in [2.45, 2.75) is 19.6 Å². The molecule has 0 saturated heterocycles. The Bertz CT molecular complexity index is 732. The zero-order chi connectivity index (χ0) is 12.7. The summed E-state index contributed by atoms with van der Waals surface area (Å²) in [6.07, 6.45) is 1.71. The molecular weight excluding hydrogens is 272 g/mol. The van der Waals surface area contributed by atoms with Gasteiger partial charge in [-0.15, -0.1) is 0 Å². The van der Waals surface area contributed by atoms with Crippen LogP contribution < -0.4 is 0 Å². The molecule has 0 fully saturated rings. The molecule has 0 spiro atoms. The zero-order valence-electron chi connectivity index (χ0n) is 10.00. The molecule has 3 aromatic rings. The molecule has 1 aliphatic heterocycles. The van der Waals surface area contributed by atoms with Gasteiger partial charge in [0.2, 0.25) is 0 Å². The first-order valence-corrected chi connectivity index (χ1v) is 7.66. The van der Waals surface area contributed by atoms with Crippen molar-refractivity contribution in [1.82, 2.24) is 0 Å². The molecule has 1 nitrogen and oxygen atoms in total. The average Bonchev–Trinajstić information content (AvgIpc) is 2.98. The number of fused-ring (bicyclic) bond motifs is 2. The topological polar surface area (TPSA) is 13.1 Å². The highest BCUT2D eigenvalue weighted by molar-refractivity contribution is 8.05. The van der Waals surface area contributed by atoms with Gasteiger partial charge < -0.3 is 4.42 Å². The molecule has 19 heavy (non-hydrogen) atoms. The Kier molecular flexibility index (Phi) is 2.67. The van der Waals surface area contributed by atoms with E-state index < -0.39 is 0 Å². The van der Waals surface area contributed by atoms with Crippen LogP contribution >= 0.6 is 23.5 Å². The van der Waals surface area contributed by atoms with E-state index in [9.17, 15) is 0 Å². The highest BCUT2D eigenvalue weighted by Gasteiger charge is 2.17. The lowest BCUT2D eigenvalue weighted by atomic mass is 10.2. The van der Waals surface area contributed by atoms with Crippen molar-refractivity contribution in [3.8, 4) is 11.3 Å². The summed E-state index contributed by atoms with van der Waals surface area (Å²) in [6.45, 7) is 0. The van der Waals surface area contributed by atoms with Crippen LogP contribution in [0.1, 0.15) is 0 Å². The Labute approximate surface area is 120 Å². The second-order valence-corrected chi connectivity index (χ2v) is 6.46. The van der Waals surface area contributed by atoms with Crippen LogP contribution in [0.15, 0.2) is 84.9 Å². The van der Waals surface area contributed by atoms with Crippen LogP contribution in [0, 0.1) is 0 Å². The Morgan fingerprint density at radius 2 is 1.42 bits per heavy atom. The molecule has 0 aliphatic carbocycles. The first kappa shape index (κ1) is 11.3. The van der Waals surface area contributed by atoms with Gasteiger partial charge in [0.15, 0.2) is 0 Å². The number of furan rings is 1. The van der Waals surface area contributed by atoms with E-state index in [1.54, 1.807) is 6.26 Å². The second kappa shape index (κ2) is 4.51. The Balaban J connectivity index is 1.78. The zero-order valence-corrected chi connectivity index (χ0v) is 11.6. The van der Waals surface area contributed by atoms with Crippen molar-refractivity contribution >= 4 is 23.5 Å². The third-order valence-corrected chi connectivity index (χ3v) is 5.58. The maximum Gasteiger partial charge on any atom is 0.133 e. The van der Waals surface area contributed by atoms with Gasteiger partial charge in [-0.25, -0.2) is 0 Å². The van der Waals surface area contributed by atoms with E-state index in [-0.39, 0.29) is 0 Å². The smallest absolute Gasteiger partial charge is 0.133 e. The van der Waals surface area contributed by atoms with Gasteiger partial charge in [-0.3, -0.25) is 0 Å². The molecule has 92 valence electrons. The van der Waals surface area contributed by atoms with E-state index in [0.29, 0.717) is 0 Å². The molecule has 0 unspecified atom stereocenters. The minimum atomic E-state index is 0.923. The molecular formula is C16H10OS2. The molecule has 4 rings (SSSR count). The van der Waals surface area contributed by atoms with Gasteiger partial charge in [0.1, 0.15) is 5.76 Å². The van der Waals surface area contributed by atoms with Gasteiger partial charge >= 0.3 is 0 Å². The summed E-state index contributed by atoms with van der Waals surface area (Å²) >= 11 is 3.67. The molecule has 3 heteroatoms. The highest BCUT2D eigenvalue weighted by Crippen LogP contribution is 2.49. The predicted octanol–water partition coefficient (Wildman–Crippen LogP) is 5.56. The Morgan fingerprint density at radius 1 is 0.684 bits per heavy atom. The lowest BCUT2D eigenvalue weighted by molar-refractivity contribution is 0.582. The van der Waals surface area contributed by atoms with Crippen LogP contribution in [0.4, 0.5) is 0 Å². The number of hydrogen-bond acceptors (Lipinski definition) is 3. The minimum Gasteiger partial charge on any atom is -0.464 e. The molecule has 0 saturated carbocycles. The largest absolute Gasteiger partial charge is 0.464 e. The van der Waals surface area contributed by atoms with Crippen LogP contribution in [-0.2, 0) is 0 Å². The average molecular weight is 282 g/mol. The van der Waals surface area contributed by atoms with E-state index in [1.807, 2.05) is 35.7 Å². The SMILES string of the molecule is c1coc(-c2ccc3c(c2)Sc2ccccc2S3)c1. The molecule has 0 atom stereocenters. The molecule has 0 N–H and O–H groups in total. The maximum atomic E-state index is 5.46. The van der Waals surface area contributed by atoms with Crippen molar-refractivity contribution in [2.24, 2.45) is 0 Å². The molecule has 2 aromatic carbocycles. The van der Waals surface area contributed by atoms with E-state index in [1.165, 1.54) is 19.6 Å². The quantitative estimate of drug-likeness (QED) is 0.453. The van der Waals surface area contributed by atoms with Crippen molar-refractivity contribution in [3.05, 3.63) is 60.9 Å². The Hall–Kier alpha value is -1.58. The summed E-state index contributed by atoms with van der Waals surface area (Å²) in [4.78, 5) is 5.29. The summed E-state index contributed by atoms with van der Waals surface area (Å²) in [6, 6.07) is 19.0. The lowest BCUT2D eigenvalue weighted by Gasteiger charge is -2.18. The molecule has 1 aromatic heterocycles.